The molecule has 0 saturated carbocycles. The molecular formula is C25H30FN5O2S. The van der Waals surface area contributed by atoms with Crippen molar-refractivity contribution in [2.45, 2.75) is 37.6 Å². The molecule has 34 heavy (non-hydrogen) atoms. The number of thioether (sulfide) groups is 1. The van der Waals surface area contributed by atoms with Gasteiger partial charge in [0.1, 0.15) is 17.4 Å². The number of piperazine rings is 1. The molecule has 1 amide bonds. The largest absolute Gasteiger partial charge is 0.455 e. The highest BCUT2D eigenvalue weighted by molar-refractivity contribution is 7.98. The van der Waals surface area contributed by atoms with Gasteiger partial charge >= 0.3 is 0 Å². The molecule has 4 rings (SSSR count). The van der Waals surface area contributed by atoms with E-state index in [2.05, 4.69) is 29.0 Å². The van der Waals surface area contributed by atoms with Crippen molar-refractivity contribution in [3.8, 4) is 0 Å². The van der Waals surface area contributed by atoms with Gasteiger partial charge in [-0.25, -0.2) is 14.4 Å². The fraction of sp³-hybridized carbons (Fsp3) is 0.400. The standard InChI is InChI=1S/C25H30FN5O2S/c1-4-27-24(32)22-10-9-18(33-22)16-34-25-28-20(17(2)3)15-23(29-25)31-13-11-30(12-14-31)21-8-6-5-7-19(21)26/h5-10,15,17H,4,11-14,16H2,1-3H3,(H,27,32). The van der Waals surface area contributed by atoms with Crippen LogP contribution >= 0.6 is 11.8 Å². The average molecular weight is 484 g/mol. The summed E-state index contributed by atoms with van der Waals surface area (Å²) in [6.07, 6.45) is 0. The Morgan fingerprint density at radius 1 is 1.12 bits per heavy atom. The summed E-state index contributed by atoms with van der Waals surface area (Å²) >= 11 is 1.49. The number of carbonyl (C=O) groups is 1. The van der Waals surface area contributed by atoms with E-state index in [9.17, 15) is 9.18 Å². The SMILES string of the molecule is CCNC(=O)c1ccc(CSc2nc(C(C)C)cc(N3CCN(c4ccccc4F)CC3)n2)o1. The lowest BCUT2D eigenvalue weighted by Gasteiger charge is -2.37. The summed E-state index contributed by atoms with van der Waals surface area (Å²) in [5.74, 6) is 2.28. The Labute approximate surface area is 203 Å². The lowest BCUT2D eigenvalue weighted by atomic mass is 10.1. The minimum absolute atomic E-state index is 0.188. The van der Waals surface area contributed by atoms with E-state index in [4.69, 9.17) is 14.4 Å². The molecule has 0 atom stereocenters. The maximum Gasteiger partial charge on any atom is 0.286 e. The van der Waals surface area contributed by atoms with Crippen molar-refractivity contribution in [3.05, 3.63) is 65.5 Å². The molecule has 2 aromatic heterocycles. The quantitative estimate of drug-likeness (QED) is 0.368. The van der Waals surface area contributed by atoms with Crippen LogP contribution in [-0.2, 0) is 5.75 Å². The fourth-order valence-corrected chi connectivity index (χ4v) is 4.55. The minimum Gasteiger partial charge on any atom is -0.455 e. The number of hydrogen-bond donors (Lipinski definition) is 1. The highest BCUT2D eigenvalue weighted by Crippen LogP contribution is 2.28. The third-order valence-electron chi connectivity index (χ3n) is 5.67. The van der Waals surface area contributed by atoms with Gasteiger partial charge in [0.15, 0.2) is 10.9 Å². The topological polar surface area (TPSA) is 74.5 Å². The molecule has 1 aliphatic rings. The van der Waals surface area contributed by atoms with Crippen LogP contribution in [0.2, 0.25) is 0 Å². The number of furan rings is 1. The van der Waals surface area contributed by atoms with E-state index in [-0.39, 0.29) is 17.6 Å². The number of hydrogen-bond acceptors (Lipinski definition) is 7. The predicted octanol–water partition coefficient (Wildman–Crippen LogP) is 4.70. The monoisotopic (exact) mass is 483 g/mol. The Morgan fingerprint density at radius 2 is 1.85 bits per heavy atom. The van der Waals surface area contributed by atoms with Gasteiger partial charge in [-0.2, -0.15) is 0 Å². The van der Waals surface area contributed by atoms with Crippen molar-refractivity contribution in [3.63, 3.8) is 0 Å². The highest BCUT2D eigenvalue weighted by Gasteiger charge is 2.22. The van der Waals surface area contributed by atoms with Gasteiger partial charge in [-0.3, -0.25) is 4.79 Å². The first kappa shape index (κ1) is 24.1. The zero-order valence-corrected chi connectivity index (χ0v) is 20.6. The van der Waals surface area contributed by atoms with Gasteiger partial charge in [0.2, 0.25) is 0 Å². The van der Waals surface area contributed by atoms with Gasteiger partial charge < -0.3 is 19.5 Å². The molecule has 3 aromatic rings. The van der Waals surface area contributed by atoms with Crippen LogP contribution in [0.5, 0.6) is 0 Å². The lowest BCUT2D eigenvalue weighted by molar-refractivity contribution is 0.0927. The van der Waals surface area contributed by atoms with Crippen molar-refractivity contribution in [1.29, 1.82) is 0 Å². The van der Waals surface area contributed by atoms with Gasteiger partial charge in [-0.05, 0) is 37.1 Å². The van der Waals surface area contributed by atoms with Crippen molar-refractivity contribution in [2.24, 2.45) is 0 Å². The van der Waals surface area contributed by atoms with E-state index in [1.54, 1.807) is 12.1 Å². The molecule has 1 saturated heterocycles. The molecule has 1 aromatic carbocycles. The molecule has 9 heteroatoms. The van der Waals surface area contributed by atoms with Gasteiger partial charge in [0.05, 0.1) is 11.4 Å². The zero-order chi connectivity index (χ0) is 24.1. The molecule has 7 nitrogen and oxygen atoms in total. The maximum atomic E-state index is 14.2. The molecular weight excluding hydrogens is 453 g/mol. The molecule has 1 N–H and O–H groups in total. The highest BCUT2D eigenvalue weighted by atomic mass is 32.2. The van der Waals surface area contributed by atoms with E-state index < -0.39 is 0 Å². The number of halogens is 1. The van der Waals surface area contributed by atoms with Crippen LogP contribution in [0.1, 0.15) is 48.7 Å². The summed E-state index contributed by atoms with van der Waals surface area (Å²) < 4.78 is 19.9. The second-order valence-corrected chi connectivity index (χ2v) is 9.37. The number of anilines is 2. The van der Waals surface area contributed by atoms with E-state index in [0.717, 1.165) is 37.7 Å². The van der Waals surface area contributed by atoms with Gasteiger partial charge in [-0.1, -0.05) is 37.7 Å². The van der Waals surface area contributed by atoms with Crippen molar-refractivity contribution in [2.75, 3.05) is 42.5 Å². The van der Waals surface area contributed by atoms with Crippen LogP contribution in [0, 0.1) is 5.82 Å². The predicted molar refractivity (Wildman–Crippen MR) is 133 cm³/mol. The summed E-state index contributed by atoms with van der Waals surface area (Å²) in [6, 6.07) is 12.5. The molecule has 1 fully saturated rings. The molecule has 180 valence electrons. The fourth-order valence-electron chi connectivity index (χ4n) is 3.80. The van der Waals surface area contributed by atoms with Crippen LogP contribution < -0.4 is 15.1 Å². The van der Waals surface area contributed by atoms with Crippen molar-refractivity contribution >= 4 is 29.2 Å². The number of para-hydroxylation sites is 1. The first-order valence-corrected chi connectivity index (χ1v) is 12.6. The lowest BCUT2D eigenvalue weighted by Crippen LogP contribution is -2.47. The number of carbonyl (C=O) groups excluding carboxylic acids is 1. The molecule has 3 heterocycles. The smallest absolute Gasteiger partial charge is 0.286 e. The first-order valence-electron chi connectivity index (χ1n) is 11.6. The number of amides is 1. The Balaban J connectivity index is 1.44. The second-order valence-electron chi connectivity index (χ2n) is 8.43. The zero-order valence-electron chi connectivity index (χ0n) is 19.8. The molecule has 0 radical (unpaired) electrons. The number of benzene rings is 1. The Bertz CT molecular complexity index is 1130. The Hall–Kier alpha value is -3.07. The van der Waals surface area contributed by atoms with E-state index in [0.29, 0.717) is 34.7 Å². The molecule has 0 bridgehead atoms. The number of rotatable bonds is 8. The van der Waals surface area contributed by atoms with Gasteiger partial charge in [0, 0.05) is 44.5 Å². The maximum absolute atomic E-state index is 14.2. The minimum atomic E-state index is -0.214. The summed E-state index contributed by atoms with van der Waals surface area (Å²) in [5, 5.41) is 3.41. The van der Waals surface area contributed by atoms with Gasteiger partial charge in [0.25, 0.3) is 5.91 Å². The van der Waals surface area contributed by atoms with Gasteiger partial charge in [-0.15, -0.1) is 0 Å². The van der Waals surface area contributed by atoms with E-state index in [1.807, 2.05) is 31.2 Å². The normalized spacial score (nSPS) is 14.0. The third-order valence-corrected chi connectivity index (χ3v) is 6.54. The Kier molecular flexibility index (Phi) is 7.72. The Morgan fingerprint density at radius 3 is 2.56 bits per heavy atom. The summed E-state index contributed by atoms with van der Waals surface area (Å²) in [6.45, 7) is 9.59. The summed E-state index contributed by atoms with van der Waals surface area (Å²) in [4.78, 5) is 25.8. The first-order chi connectivity index (χ1) is 16.4. The van der Waals surface area contributed by atoms with E-state index >= 15 is 0 Å². The number of nitrogens with one attached hydrogen (secondary N) is 1. The van der Waals surface area contributed by atoms with Crippen LogP contribution in [0.3, 0.4) is 0 Å². The molecule has 0 spiro atoms. The van der Waals surface area contributed by atoms with Crippen molar-refractivity contribution in [1.82, 2.24) is 15.3 Å². The van der Waals surface area contributed by atoms with Crippen molar-refractivity contribution < 1.29 is 13.6 Å². The molecule has 1 aliphatic heterocycles. The average Bonchev–Trinajstić information content (AvgIpc) is 3.32. The summed E-state index contributed by atoms with van der Waals surface area (Å²) in [5.41, 5.74) is 1.63. The van der Waals surface area contributed by atoms with E-state index in [1.165, 1.54) is 17.8 Å². The van der Waals surface area contributed by atoms with Crippen LogP contribution in [-0.4, -0.2) is 48.6 Å². The third kappa shape index (κ3) is 5.70. The summed E-state index contributed by atoms with van der Waals surface area (Å²) in [7, 11) is 0. The number of aromatic nitrogens is 2. The van der Waals surface area contributed by atoms with Crippen LogP contribution in [0.4, 0.5) is 15.9 Å². The molecule has 0 unspecified atom stereocenters. The molecule has 0 aliphatic carbocycles. The number of nitrogens with zero attached hydrogens (tertiary/aromatic N) is 4. The van der Waals surface area contributed by atoms with Crippen LogP contribution in [0.25, 0.3) is 0 Å². The second kappa shape index (κ2) is 10.9. The van der Waals surface area contributed by atoms with Crippen LogP contribution in [0.15, 0.2) is 52.0 Å².